The molecule has 2 aromatic rings. The van der Waals surface area contributed by atoms with Crippen molar-refractivity contribution in [3.63, 3.8) is 0 Å². The van der Waals surface area contributed by atoms with Crippen LogP contribution in [0.15, 0.2) is 48.5 Å². The molecule has 0 saturated carbocycles. The van der Waals surface area contributed by atoms with E-state index in [-0.39, 0.29) is 6.61 Å². The number of rotatable bonds is 9. The lowest BCUT2D eigenvalue weighted by atomic mass is 9.92. The SMILES string of the molecule is CC[C@@H](O)c1ccc(C#Cc2ccc(C(=O)N(C)[C@](C)(C(=O)COC3CCCCO3)C(=O)NC)cc2)cc1. The Balaban J connectivity index is 1.71. The van der Waals surface area contributed by atoms with E-state index in [4.69, 9.17) is 9.47 Å². The van der Waals surface area contributed by atoms with Gasteiger partial charge in [-0.05, 0) is 74.6 Å². The van der Waals surface area contributed by atoms with Crippen molar-refractivity contribution in [1.82, 2.24) is 10.2 Å². The minimum absolute atomic E-state index is 0.315. The quantitative estimate of drug-likeness (QED) is 0.389. The number of hydrogen-bond donors (Lipinski definition) is 2. The van der Waals surface area contributed by atoms with Crippen LogP contribution in [0.5, 0.6) is 0 Å². The van der Waals surface area contributed by atoms with Crippen molar-refractivity contribution >= 4 is 17.6 Å². The minimum Gasteiger partial charge on any atom is -0.388 e. The van der Waals surface area contributed by atoms with E-state index in [9.17, 15) is 19.5 Å². The van der Waals surface area contributed by atoms with E-state index < -0.39 is 35.5 Å². The van der Waals surface area contributed by atoms with Gasteiger partial charge in [-0.3, -0.25) is 14.4 Å². The third-order valence-corrected chi connectivity index (χ3v) is 6.89. The van der Waals surface area contributed by atoms with Crippen LogP contribution in [0, 0.1) is 11.8 Å². The zero-order valence-corrected chi connectivity index (χ0v) is 22.5. The zero-order valence-electron chi connectivity index (χ0n) is 22.5. The monoisotopic (exact) mass is 520 g/mol. The van der Waals surface area contributed by atoms with Gasteiger partial charge in [0.25, 0.3) is 11.8 Å². The molecule has 8 heteroatoms. The lowest BCUT2D eigenvalue weighted by molar-refractivity contribution is -0.174. The van der Waals surface area contributed by atoms with Gasteiger partial charge >= 0.3 is 0 Å². The summed E-state index contributed by atoms with van der Waals surface area (Å²) in [5.74, 6) is 4.50. The molecule has 1 aliphatic rings. The third kappa shape index (κ3) is 6.87. The van der Waals surface area contributed by atoms with E-state index in [1.54, 1.807) is 24.3 Å². The number of ketones is 1. The molecule has 0 aliphatic carbocycles. The van der Waals surface area contributed by atoms with E-state index in [0.29, 0.717) is 30.6 Å². The van der Waals surface area contributed by atoms with Crippen molar-refractivity contribution in [2.45, 2.75) is 57.5 Å². The smallest absolute Gasteiger partial charge is 0.254 e. The van der Waals surface area contributed by atoms with Gasteiger partial charge in [0.1, 0.15) is 6.61 Å². The number of hydrogen-bond acceptors (Lipinski definition) is 6. The number of aliphatic hydroxyl groups excluding tert-OH is 1. The molecule has 202 valence electrons. The fraction of sp³-hybridized carbons (Fsp3) is 0.433. The summed E-state index contributed by atoms with van der Waals surface area (Å²) in [6, 6.07) is 14.1. The van der Waals surface area contributed by atoms with E-state index in [1.165, 1.54) is 21.0 Å². The van der Waals surface area contributed by atoms with Crippen molar-refractivity contribution < 1.29 is 29.0 Å². The topological polar surface area (TPSA) is 105 Å². The minimum atomic E-state index is -1.77. The molecule has 8 nitrogen and oxygen atoms in total. The molecular formula is C30H36N2O6. The Morgan fingerprint density at radius 1 is 1.11 bits per heavy atom. The summed E-state index contributed by atoms with van der Waals surface area (Å²) in [6.07, 6.45) is 2.24. The van der Waals surface area contributed by atoms with Gasteiger partial charge in [-0.15, -0.1) is 0 Å². The molecule has 1 fully saturated rings. The molecule has 0 aromatic heterocycles. The number of ether oxygens (including phenoxy) is 2. The normalized spacial score (nSPS) is 17.3. The Morgan fingerprint density at radius 3 is 2.24 bits per heavy atom. The highest BCUT2D eigenvalue weighted by atomic mass is 16.7. The summed E-state index contributed by atoms with van der Waals surface area (Å²) < 4.78 is 11.1. The predicted octanol–water partition coefficient (Wildman–Crippen LogP) is 3.22. The standard InChI is InChI=1S/C30H36N2O6/c1-5-25(33)23-15-11-21(12-16-23)9-10-22-13-17-24(18-14-22)28(35)32(4)30(2,29(36)31-3)26(34)20-38-27-8-6-7-19-37-27/h11-18,25,27,33H,5-8,19-20H2,1-4H3,(H,31,36)/t25-,27?,30-/m1/s1. The molecule has 1 unspecified atom stereocenters. The lowest BCUT2D eigenvalue weighted by Crippen LogP contribution is -2.62. The molecule has 0 radical (unpaired) electrons. The fourth-order valence-corrected chi connectivity index (χ4v) is 4.12. The summed E-state index contributed by atoms with van der Waals surface area (Å²) in [5, 5.41) is 12.4. The van der Waals surface area contributed by atoms with E-state index in [0.717, 1.165) is 28.9 Å². The van der Waals surface area contributed by atoms with Crippen molar-refractivity contribution in [3.8, 4) is 11.8 Å². The van der Waals surface area contributed by atoms with Crippen LogP contribution >= 0.6 is 0 Å². The van der Waals surface area contributed by atoms with Crippen LogP contribution in [0.3, 0.4) is 0 Å². The highest BCUT2D eigenvalue weighted by Crippen LogP contribution is 2.21. The van der Waals surface area contributed by atoms with Crippen molar-refractivity contribution in [2.75, 3.05) is 27.3 Å². The van der Waals surface area contributed by atoms with Gasteiger partial charge in [-0.1, -0.05) is 30.9 Å². The molecule has 0 spiro atoms. The molecule has 2 N–H and O–H groups in total. The van der Waals surface area contributed by atoms with Crippen LogP contribution in [0.1, 0.15) is 72.7 Å². The lowest BCUT2D eigenvalue weighted by Gasteiger charge is -2.36. The molecule has 38 heavy (non-hydrogen) atoms. The third-order valence-electron chi connectivity index (χ3n) is 6.89. The summed E-state index contributed by atoms with van der Waals surface area (Å²) in [6.45, 7) is 3.56. The Bertz CT molecular complexity index is 1180. The van der Waals surface area contributed by atoms with Crippen LogP contribution in [-0.2, 0) is 19.1 Å². The largest absolute Gasteiger partial charge is 0.388 e. The van der Waals surface area contributed by atoms with Crippen molar-refractivity contribution in [2.24, 2.45) is 0 Å². The van der Waals surface area contributed by atoms with Gasteiger partial charge in [0.2, 0.25) is 0 Å². The molecule has 1 saturated heterocycles. The maximum atomic E-state index is 13.3. The Morgan fingerprint density at radius 2 is 1.71 bits per heavy atom. The fourth-order valence-electron chi connectivity index (χ4n) is 4.12. The Labute approximate surface area is 224 Å². The molecular weight excluding hydrogens is 484 g/mol. The van der Waals surface area contributed by atoms with E-state index in [1.807, 2.05) is 31.2 Å². The summed E-state index contributed by atoms with van der Waals surface area (Å²) in [5.41, 5.74) is 0.901. The average molecular weight is 521 g/mol. The first kappa shape index (κ1) is 29.1. The highest BCUT2D eigenvalue weighted by molar-refractivity contribution is 6.14. The van der Waals surface area contributed by atoms with Gasteiger partial charge < -0.3 is 24.8 Å². The maximum Gasteiger partial charge on any atom is 0.254 e. The van der Waals surface area contributed by atoms with Crippen molar-refractivity contribution in [1.29, 1.82) is 0 Å². The highest BCUT2D eigenvalue weighted by Gasteiger charge is 2.46. The van der Waals surface area contributed by atoms with Crippen LogP contribution < -0.4 is 5.32 Å². The van der Waals surface area contributed by atoms with Gasteiger partial charge in [-0.25, -0.2) is 0 Å². The Hall–Kier alpha value is -3.51. The number of aliphatic hydroxyl groups is 1. The van der Waals surface area contributed by atoms with Crippen LogP contribution in [0.2, 0.25) is 0 Å². The molecule has 3 atom stereocenters. The number of carbonyl (C=O) groups is 3. The predicted molar refractivity (Wildman–Crippen MR) is 143 cm³/mol. The Kier molecular flexibility index (Phi) is 10.2. The summed E-state index contributed by atoms with van der Waals surface area (Å²) in [4.78, 5) is 40.4. The van der Waals surface area contributed by atoms with Gasteiger partial charge in [0.05, 0.1) is 6.10 Å². The maximum absolute atomic E-state index is 13.3. The second-order valence-corrected chi connectivity index (χ2v) is 9.42. The summed E-state index contributed by atoms with van der Waals surface area (Å²) >= 11 is 0. The van der Waals surface area contributed by atoms with Crippen LogP contribution in [-0.4, -0.2) is 66.7 Å². The molecule has 2 amide bonds. The first-order chi connectivity index (χ1) is 18.2. The number of Topliss-reactive ketones (excluding diaryl/α,β-unsaturated/α-hetero) is 1. The molecule has 1 heterocycles. The first-order valence-electron chi connectivity index (χ1n) is 12.9. The second-order valence-electron chi connectivity index (χ2n) is 9.42. The number of likely N-dealkylation sites (N-methyl/N-ethyl adjacent to an activating group) is 2. The van der Waals surface area contributed by atoms with E-state index in [2.05, 4.69) is 17.2 Å². The van der Waals surface area contributed by atoms with Gasteiger partial charge in [-0.2, -0.15) is 0 Å². The number of nitrogens with zero attached hydrogens (tertiary/aromatic N) is 1. The van der Waals surface area contributed by atoms with Crippen molar-refractivity contribution in [3.05, 3.63) is 70.8 Å². The van der Waals surface area contributed by atoms with Gasteiger partial charge in [0, 0.05) is 37.4 Å². The van der Waals surface area contributed by atoms with Crippen LogP contribution in [0.4, 0.5) is 0 Å². The molecule has 3 rings (SSSR count). The van der Waals surface area contributed by atoms with E-state index >= 15 is 0 Å². The molecule has 1 aliphatic heterocycles. The molecule has 2 aromatic carbocycles. The first-order valence-corrected chi connectivity index (χ1v) is 12.9. The number of amides is 2. The number of nitrogens with one attached hydrogen (secondary N) is 1. The summed E-state index contributed by atoms with van der Waals surface area (Å²) in [7, 11) is 2.85. The number of benzene rings is 2. The second kappa shape index (κ2) is 13.3. The van der Waals surface area contributed by atoms with Gasteiger partial charge in [0.15, 0.2) is 17.6 Å². The van der Waals surface area contributed by atoms with Crippen LogP contribution in [0.25, 0.3) is 0 Å². The average Bonchev–Trinajstić information content (AvgIpc) is 2.97. The zero-order chi connectivity index (χ0) is 27.7. The molecule has 0 bridgehead atoms. The number of carbonyl (C=O) groups excluding carboxylic acids is 3.